The molecule has 0 fully saturated rings. The lowest BCUT2D eigenvalue weighted by molar-refractivity contribution is -0.558. The Balaban J connectivity index is 2.26. The van der Waals surface area contributed by atoms with Crippen LogP contribution in [0.1, 0.15) is 12.5 Å². The number of aryl methyl sites for hydroxylation is 1. The molecule has 16 heavy (non-hydrogen) atoms. The van der Waals surface area contributed by atoms with Crippen LogP contribution in [-0.4, -0.2) is 0 Å². The molecule has 1 nitrogen and oxygen atoms in total. The Morgan fingerprint density at radius 1 is 1.12 bits per heavy atom. The van der Waals surface area contributed by atoms with Gasteiger partial charge in [-0.3, -0.25) is 0 Å². The second-order valence-electron chi connectivity index (χ2n) is 3.67. The highest BCUT2D eigenvalue weighted by Gasteiger charge is 2.18. The molecule has 2 aromatic heterocycles. The molecule has 3 heteroatoms. The maximum Gasteiger partial charge on any atom is 0.271 e. The van der Waals surface area contributed by atoms with Gasteiger partial charge in [0.15, 0.2) is 0 Å². The second kappa shape index (κ2) is 4.00. The molecule has 0 atom stereocenters. The summed E-state index contributed by atoms with van der Waals surface area (Å²) in [5.74, 6) is 0. The zero-order valence-electron chi connectivity index (χ0n) is 9.01. The molecule has 0 saturated carbocycles. The third kappa shape index (κ3) is 1.47. The van der Waals surface area contributed by atoms with Crippen molar-refractivity contribution < 1.29 is 4.57 Å². The molecule has 0 bridgehead atoms. The van der Waals surface area contributed by atoms with E-state index in [1.54, 1.807) is 11.3 Å². The van der Waals surface area contributed by atoms with E-state index in [1.165, 1.54) is 20.8 Å². The lowest BCUT2D eigenvalue weighted by Crippen LogP contribution is -2.27. The highest BCUT2D eigenvalue weighted by atomic mass is 32.1. The minimum atomic E-state index is 1.09. The van der Waals surface area contributed by atoms with E-state index in [0.717, 1.165) is 6.42 Å². The van der Waals surface area contributed by atoms with E-state index in [0.29, 0.717) is 0 Å². The fourth-order valence-corrected chi connectivity index (χ4v) is 3.83. The van der Waals surface area contributed by atoms with Crippen LogP contribution in [0.4, 0.5) is 0 Å². The van der Waals surface area contributed by atoms with E-state index in [1.807, 2.05) is 11.3 Å². The predicted octanol–water partition coefficient (Wildman–Crippen LogP) is 3.80. The highest BCUT2D eigenvalue weighted by Crippen LogP contribution is 2.22. The first-order chi connectivity index (χ1) is 7.90. The van der Waals surface area contributed by atoms with E-state index in [9.17, 15) is 0 Å². The van der Waals surface area contributed by atoms with Crippen molar-refractivity contribution in [1.82, 2.24) is 0 Å². The monoisotopic (exact) mass is 246 g/mol. The number of fused-ring (bicyclic) bond motifs is 1. The molecular weight excluding hydrogens is 234 g/mol. The Morgan fingerprint density at radius 3 is 2.88 bits per heavy atom. The van der Waals surface area contributed by atoms with Gasteiger partial charge >= 0.3 is 0 Å². The Bertz CT molecular complexity index is 621. The van der Waals surface area contributed by atoms with Crippen LogP contribution >= 0.6 is 22.7 Å². The number of aromatic nitrogens is 1. The number of hydrogen-bond acceptors (Lipinski definition) is 2. The van der Waals surface area contributed by atoms with Crippen molar-refractivity contribution in [1.29, 1.82) is 0 Å². The van der Waals surface area contributed by atoms with Crippen molar-refractivity contribution in [2.45, 2.75) is 13.3 Å². The van der Waals surface area contributed by atoms with Crippen LogP contribution in [0.15, 0.2) is 41.2 Å². The smallest absolute Gasteiger partial charge is 0.140 e. The number of nitrogens with zero attached hydrogens (tertiary/aromatic N) is 1. The van der Waals surface area contributed by atoms with Gasteiger partial charge in [-0.2, -0.15) is 0 Å². The summed E-state index contributed by atoms with van der Waals surface area (Å²) >= 11 is 3.62. The summed E-state index contributed by atoms with van der Waals surface area (Å²) in [4.78, 5) is 0. The van der Waals surface area contributed by atoms with E-state index >= 15 is 0 Å². The predicted molar refractivity (Wildman–Crippen MR) is 70.6 cm³/mol. The van der Waals surface area contributed by atoms with E-state index in [2.05, 4.69) is 52.7 Å². The summed E-state index contributed by atoms with van der Waals surface area (Å²) in [6, 6.07) is 10.8. The molecule has 0 amide bonds. The molecule has 0 aliphatic rings. The fraction of sp³-hybridized carbons (Fsp3) is 0.154. The van der Waals surface area contributed by atoms with Gasteiger partial charge < -0.3 is 0 Å². The normalized spacial score (nSPS) is 11.1. The molecule has 0 N–H and O–H groups in total. The van der Waals surface area contributed by atoms with Gasteiger partial charge in [-0.1, -0.05) is 41.7 Å². The van der Waals surface area contributed by atoms with Gasteiger partial charge in [-0.15, -0.1) is 4.57 Å². The molecule has 0 radical (unpaired) electrons. The van der Waals surface area contributed by atoms with Crippen LogP contribution in [-0.2, 0) is 6.42 Å². The SMILES string of the molecule is CCc1ccsc1-[n+]1csc2ccccc21. The van der Waals surface area contributed by atoms with Gasteiger partial charge in [-0.25, -0.2) is 0 Å². The van der Waals surface area contributed by atoms with Gasteiger partial charge in [0.25, 0.3) is 5.00 Å². The van der Waals surface area contributed by atoms with E-state index in [-0.39, 0.29) is 0 Å². The largest absolute Gasteiger partial charge is 0.271 e. The van der Waals surface area contributed by atoms with Crippen LogP contribution in [0.3, 0.4) is 0 Å². The molecule has 0 saturated heterocycles. The topological polar surface area (TPSA) is 3.88 Å². The quantitative estimate of drug-likeness (QED) is 0.606. The van der Waals surface area contributed by atoms with Crippen LogP contribution in [0, 0.1) is 0 Å². The highest BCUT2D eigenvalue weighted by molar-refractivity contribution is 7.16. The zero-order valence-corrected chi connectivity index (χ0v) is 10.6. The number of benzene rings is 1. The number of para-hydroxylation sites is 1. The van der Waals surface area contributed by atoms with Crippen molar-refractivity contribution >= 4 is 32.9 Å². The lowest BCUT2D eigenvalue weighted by atomic mass is 10.2. The van der Waals surface area contributed by atoms with Crippen LogP contribution in [0.5, 0.6) is 0 Å². The maximum atomic E-state index is 2.31. The minimum Gasteiger partial charge on any atom is -0.140 e. The van der Waals surface area contributed by atoms with Gasteiger partial charge in [0.2, 0.25) is 11.0 Å². The van der Waals surface area contributed by atoms with Gasteiger partial charge in [0.05, 0.1) is 0 Å². The molecule has 3 aromatic rings. The van der Waals surface area contributed by atoms with Crippen molar-refractivity contribution in [3.63, 3.8) is 0 Å². The third-order valence-corrected chi connectivity index (χ3v) is 4.60. The first kappa shape index (κ1) is 10.00. The molecule has 0 unspecified atom stereocenters. The molecule has 0 aliphatic carbocycles. The summed E-state index contributed by atoms with van der Waals surface area (Å²) in [6.07, 6.45) is 1.09. The summed E-state index contributed by atoms with van der Waals surface area (Å²) in [6.45, 7) is 2.21. The second-order valence-corrected chi connectivity index (χ2v) is 5.45. The molecule has 2 heterocycles. The molecular formula is C13H12NS2+. The fourth-order valence-electron chi connectivity index (χ4n) is 1.89. The van der Waals surface area contributed by atoms with Crippen LogP contribution in [0.2, 0.25) is 0 Å². The summed E-state index contributed by atoms with van der Waals surface area (Å²) < 4.78 is 3.65. The van der Waals surface area contributed by atoms with Crippen LogP contribution in [0.25, 0.3) is 15.2 Å². The molecule has 3 rings (SSSR count). The first-order valence-corrected chi connectivity index (χ1v) is 7.10. The Labute approximate surface area is 103 Å². The number of hydrogen-bond donors (Lipinski definition) is 0. The van der Waals surface area contributed by atoms with Gasteiger partial charge in [-0.05, 0) is 23.9 Å². The molecule has 1 aromatic carbocycles. The van der Waals surface area contributed by atoms with E-state index in [4.69, 9.17) is 0 Å². The standard InChI is InChI=1S/C13H12NS2/c1-2-10-7-8-15-13(10)14-9-16-12-6-4-3-5-11(12)14/h3-9H,2H2,1H3/q+1. The van der Waals surface area contributed by atoms with Gasteiger partial charge in [0, 0.05) is 11.6 Å². The minimum absolute atomic E-state index is 1.09. The van der Waals surface area contributed by atoms with E-state index < -0.39 is 0 Å². The Morgan fingerprint density at radius 2 is 2.00 bits per heavy atom. The number of rotatable bonds is 2. The van der Waals surface area contributed by atoms with Crippen LogP contribution < -0.4 is 4.57 Å². The zero-order chi connectivity index (χ0) is 11.0. The summed E-state index contributed by atoms with van der Waals surface area (Å²) in [7, 11) is 0. The molecule has 0 spiro atoms. The number of thiazole rings is 1. The summed E-state index contributed by atoms with van der Waals surface area (Å²) in [5, 5.41) is 3.54. The average Bonchev–Trinajstić information content (AvgIpc) is 2.94. The van der Waals surface area contributed by atoms with Gasteiger partial charge in [0.1, 0.15) is 4.70 Å². The van der Waals surface area contributed by atoms with Crippen molar-refractivity contribution in [2.75, 3.05) is 0 Å². The van der Waals surface area contributed by atoms with Crippen molar-refractivity contribution in [3.8, 4) is 5.00 Å². The Kier molecular flexibility index (Phi) is 2.50. The van der Waals surface area contributed by atoms with Crippen molar-refractivity contribution in [3.05, 3.63) is 46.8 Å². The average molecular weight is 246 g/mol. The Hall–Kier alpha value is -1.19. The lowest BCUT2D eigenvalue weighted by Gasteiger charge is -1.93. The van der Waals surface area contributed by atoms with Crippen molar-refractivity contribution in [2.24, 2.45) is 0 Å². The first-order valence-electron chi connectivity index (χ1n) is 5.35. The summed E-state index contributed by atoms with van der Waals surface area (Å²) in [5.41, 5.74) is 4.94. The molecule has 80 valence electrons. The maximum absolute atomic E-state index is 2.31. The third-order valence-electron chi connectivity index (χ3n) is 2.73. The number of thiophene rings is 1. The molecule has 0 aliphatic heterocycles.